The van der Waals surface area contributed by atoms with E-state index in [1.54, 1.807) is 0 Å². The number of aromatic nitrogens is 2. The highest BCUT2D eigenvalue weighted by Gasteiger charge is 2.38. The molecule has 0 saturated carbocycles. The van der Waals surface area contributed by atoms with Gasteiger partial charge in [-0.25, -0.2) is 9.78 Å². The second-order valence-electron chi connectivity index (χ2n) is 4.43. The minimum atomic E-state index is -1.20. The molecule has 2 unspecified atom stereocenters. The number of benzene rings is 1. The van der Waals surface area contributed by atoms with Gasteiger partial charge in [0.25, 0.3) is 0 Å². The Morgan fingerprint density at radius 2 is 2.05 bits per heavy atom. The molecular weight excluding hydrogens is 260 g/mol. The normalized spacial score (nSPS) is 18.5. The number of carbonyl (C=O) groups excluding carboxylic acids is 1. The van der Waals surface area contributed by atoms with E-state index in [-0.39, 0.29) is 11.4 Å². The maximum Gasteiger partial charge on any atom is 0.359 e. The van der Waals surface area contributed by atoms with E-state index in [1.165, 1.54) is 6.20 Å². The third-order valence-electron chi connectivity index (χ3n) is 3.10. The highest BCUT2D eigenvalue weighted by atomic mass is 16.6. The van der Waals surface area contributed by atoms with Crippen LogP contribution in [0.1, 0.15) is 22.3 Å². The molecule has 2 heterocycles. The van der Waals surface area contributed by atoms with Gasteiger partial charge in [-0.05, 0) is 0 Å². The van der Waals surface area contributed by atoms with Gasteiger partial charge >= 0.3 is 5.97 Å². The largest absolute Gasteiger partial charge is 0.448 e. The standard InChI is InChI=1S/C14H12N2O4/c17-7-10(18)13-11-12(14(19)20-13)16-9(6-15-11)8-4-2-1-3-5-8/h1-6,10,13,17-18H,7H2. The number of hydrogen-bond donors (Lipinski definition) is 2. The lowest BCUT2D eigenvalue weighted by Crippen LogP contribution is -2.23. The number of aliphatic hydroxyl groups excluding tert-OH is 2. The van der Waals surface area contributed by atoms with Gasteiger partial charge in [0.15, 0.2) is 11.8 Å². The first kappa shape index (κ1) is 12.7. The first-order valence-corrected chi connectivity index (χ1v) is 6.13. The quantitative estimate of drug-likeness (QED) is 0.799. The van der Waals surface area contributed by atoms with Crippen LogP contribution in [-0.4, -0.2) is 38.9 Å². The Bertz CT molecular complexity index is 645. The molecule has 6 nitrogen and oxygen atoms in total. The first-order chi connectivity index (χ1) is 9.70. The number of fused-ring (bicyclic) bond motifs is 1. The summed E-state index contributed by atoms with van der Waals surface area (Å²) in [5.41, 5.74) is 1.74. The minimum Gasteiger partial charge on any atom is -0.448 e. The summed E-state index contributed by atoms with van der Waals surface area (Å²) < 4.78 is 5.00. The van der Waals surface area contributed by atoms with E-state index in [2.05, 4.69) is 9.97 Å². The lowest BCUT2D eigenvalue weighted by Gasteiger charge is -2.14. The Morgan fingerprint density at radius 3 is 2.75 bits per heavy atom. The number of hydrogen-bond acceptors (Lipinski definition) is 6. The van der Waals surface area contributed by atoms with E-state index in [1.807, 2.05) is 30.3 Å². The second-order valence-corrected chi connectivity index (χ2v) is 4.43. The molecule has 20 heavy (non-hydrogen) atoms. The zero-order valence-corrected chi connectivity index (χ0v) is 10.4. The maximum atomic E-state index is 11.8. The molecule has 0 aliphatic carbocycles. The lowest BCUT2D eigenvalue weighted by atomic mass is 10.1. The summed E-state index contributed by atoms with van der Waals surface area (Å²) in [7, 11) is 0. The van der Waals surface area contributed by atoms with Crippen molar-refractivity contribution in [1.82, 2.24) is 9.97 Å². The summed E-state index contributed by atoms with van der Waals surface area (Å²) in [5, 5.41) is 18.6. The Morgan fingerprint density at radius 1 is 1.30 bits per heavy atom. The average molecular weight is 272 g/mol. The molecule has 102 valence electrons. The van der Waals surface area contributed by atoms with Crippen LogP contribution in [0.4, 0.5) is 0 Å². The van der Waals surface area contributed by atoms with E-state index in [9.17, 15) is 9.90 Å². The van der Waals surface area contributed by atoms with E-state index in [0.29, 0.717) is 5.69 Å². The van der Waals surface area contributed by atoms with Gasteiger partial charge in [-0.3, -0.25) is 4.98 Å². The number of aliphatic hydroxyl groups is 2. The molecule has 0 spiro atoms. The minimum absolute atomic E-state index is 0.0869. The summed E-state index contributed by atoms with van der Waals surface area (Å²) in [6, 6.07) is 9.32. The van der Waals surface area contributed by atoms with Crippen LogP contribution >= 0.6 is 0 Å². The topological polar surface area (TPSA) is 92.5 Å². The van der Waals surface area contributed by atoms with E-state index < -0.39 is 24.8 Å². The van der Waals surface area contributed by atoms with Gasteiger partial charge < -0.3 is 14.9 Å². The molecule has 1 aliphatic rings. The van der Waals surface area contributed by atoms with Crippen molar-refractivity contribution >= 4 is 5.97 Å². The van der Waals surface area contributed by atoms with Crippen LogP contribution in [0.5, 0.6) is 0 Å². The molecular formula is C14H12N2O4. The number of carbonyl (C=O) groups is 1. The molecule has 0 saturated heterocycles. The van der Waals surface area contributed by atoms with Gasteiger partial charge in [0.1, 0.15) is 11.8 Å². The highest BCUT2D eigenvalue weighted by molar-refractivity contribution is 5.92. The van der Waals surface area contributed by atoms with Crippen LogP contribution in [0.25, 0.3) is 11.3 Å². The molecule has 1 aromatic heterocycles. The maximum absolute atomic E-state index is 11.8. The van der Waals surface area contributed by atoms with Gasteiger partial charge in [0.05, 0.1) is 18.5 Å². The summed E-state index contributed by atoms with van der Waals surface area (Å²) in [6.45, 7) is -0.514. The van der Waals surface area contributed by atoms with E-state index >= 15 is 0 Å². The molecule has 2 N–H and O–H groups in total. The van der Waals surface area contributed by atoms with Gasteiger partial charge in [0, 0.05) is 5.56 Å². The summed E-state index contributed by atoms with van der Waals surface area (Å²) in [6.07, 6.45) is -0.635. The predicted molar refractivity (Wildman–Crippen MR) is 68.7 cm³/mol. The number of nitrogens with zero attached hydrogens (tertiary/aromatic N) is 2. The van der Waals surface area contributed by atoms with Crippen molar-refractivity contribution in [3.8, 4) is 11.3 Å². The van der Waals surface area contributed by atoms with Gasteiger partial charge in [-0.2, -0.15) is 0 Å². The van der Waals surface area contributed by atoms with Crippen LogP contribution < -0.4 is 0 Å². The Labute approximate surface area is 114 Å². The highest BCUT2D eigenvalue weighted by Crippen LogP contribution is 2.31. The zero-order valence-electron chi connectivity index (χ0n) is 10.4. The van der Waals surface area contributed by atoms with Crippen molar-refractivity contribution in [3.05, 3.63) is 47.9 Å². The van der Waals surface area contributed by atoms with Crippen molar-refractivity contribution in [2.24, 2.45) is 0 Å². The summed E-state index contributed by atoms with van der Waals surface area (Å²) >= 11 is 0. The fraction of sp³-hybridized carbons (Fsp3) is 0.214. The fourth-order valence-electron chi connectivity index (χ4n) is 2.09. The van der Waals surface area contributed by atoms with Crippen molar-refractivity contribution in [1.29, 1.82) is 0 Å². The van der Waals surface area contributed by atoms with Crippen molar-refractivity contribution in [2.45, 2.75) is 12.2 Å². The third-order valence-corrected chi connectivity index (χ3v) is 3.10. The average Bonchev–Trinajstić information content (AvgIpc) is 2.84. The number of esters is 1. The third kappa shape index (κ3) is 2.04. The molecule has 6 heteroatoms. The lowest BCUT2D eigenvalue weighted by molar-refractivity contribution is -0.0307. The SMILES string of the molecule is O=C1OC(C(O)CO)c2ncc(-c3ccccc3)nc21. The Hall–Kier alpha value is -2.31. The smallest absolute Gasteiger partial charge is 0.359 e. The van der Waals surface area contributed by atoms with Crippen LogP contribution in [-0.2, 0) is 4.74 Å². The zero-order chi connectivity index (χ0) is 14.1. The van der Waals surface area contributed by atoms with Crippen molar-refractivity contribution in [2.75, 3.05) is 6.61 Å². The molecule has 0 amide bonds. The number of ether oxygens (including phenoxy) is 1. The van der Waals surface area contributed by atoms with Crippen LogP contribution in [0.3, 0.4) is 0 Å². The molecule has 0 bridgehead atoms. The summed E-state index contributed by atoms with van der Waals surface area (Å²) in [4.78, 5) is 20.2. The molecule has 0 fully saturated rings. The molecule has 1 aromatic carbocycles. The monoisotopic (exact) mass is 272 g/mol. The first-order valence-electron chi connectivity index (χ1n) is 6.13. The molecule has 0 radical (unpaired) electrons. The predicted octanol–water partition coefficient (Wildman–Crippen LogP) is 0.708. The van der Waals surface area contributed by atoms with Crippen LogP contribution in [0.2, 0.25) is 0 Å². The van der Waals surface area contributed by atoms with E-state index in [0.717, 1.165) is 5.56 Å². The molecule has 1 aliphatic heterocycles. The van der Waals surface area contributed by atoms with Gasteiger partial charge in [-0.15, -0.1) is 0 Å². The molecule has 2 aromatic rings. The Balaban J connectivity index is 2.02. The molecule has 2 atom stereocenters. The van der Waals surface area contributed by atoms with Crippen molar-refractivity contribution in [3.63, 3.8) is 0 Å². The summed E-state index contributed by atoms with van der Waals surface area (Å²) in [5.74, 6) is -0.636. The van der Waals surface area contributed by atoms with Gasteiger partial charge in [-0.1, -0.05) is 30.3 Å². The van der Waals surface area contributed by atoms with E-state index in [4.69, 9.17) is 9.84 Å². The number of rotatable bonds is 3. The number of cyclic esters (lactones) is 1. The van der Waals surface area contributed by atoms with Crippen LogP contribution in [0.15, 0.2) is 36.5 Å². The fourth-order valence-corrected chi connectivity index (χ4v) is 2.09. The van der Waals surface area contributed by atoms with Gasteiger partial charge in [0.2, 0.25) is 0 Å². The Kier molecular flexibility index (Phi) is 3.17. The molecule has 3 rings (SSSR count). The van der Waals surface area contributed by atoms with Crippen molar-refractivity contribution < 1.29 is 19.7 Å². The van der Waals surface area contributed by atoms with Crippen LogP contribution in [0, 0.1) is 0 Å². The second kappa shape index (κ2) is 4.99.